The normalized spacial score (nSPS) is 20.4. The maximum atomic E-state index is 12.2. The summed E-state index contributed by atoms with van der Waals surface area (Å²) in [4.78, 5) is 32.7. The number of piperazine rings is 1. The van der Waals surface area contributed by atoms with E-state index in [0.717, 1.165) is 59.0 Å². The maximum absolute atomic E-state index is 12.2. The lowest BCUT2D eigenvalue weighted by atomic mass is 9.81. The molecule has 4 aromatic heterocycles. The minimum Gasteiger partial charge on any atom is -0.364 e. The molecule has 5 heterocycles. The van der Waals surface area contributed by atoms with Gasteiger partial charge in [-0.05, 0) is 56.0 Å². The summed E-state index contributed by atoms with van der Waals surface area (Å²) >= 11 is 0. The van der Waals surface area contributed by atoms with Crippen molar-refractivity contribution in [2.75, 3.05) is 18.0 Å². The summed E-state index contributed by atoms with van der Waals surface area (Å²) in [6.07, 6.45) is 7.00. The third kappa shape index (κ3) is 3.66. The molecule has 1 saturated heterocycles. The second-order valence-corrected chi connectivity index (χ2v) is 9.29. The van der Waals surface area contributed by atoms with Crippen LogP contribution < -0.4 is 10.5 Å². The van der Waals surface area contributed by atoms with Crippen LogP contribution >= 0.6 is 0 Å². The van der Waals surface area contributed by atoms with Crippen molar-refractivity contribution in [3.05, 3.63) is 64.0 Å². The van der Waals surface area contributed by atoms with Crippen molar-refractivity contribution in [2.24, 2.45) is 0 Å². The molecule has 0 amide bonds. The SMILES string of the molecule is CCc1cc2ncc(CN3CCN(c4ccc(-c5nnc(C)[nH]5)nc4)[C@H]4CC[C@H]43)cc2[nH]c1=O. The Bertz CT molecular complexity index is 1390. The van der Waals surface area contributed by atoms with Crippen molar-refractivity contribution >= 4 is 16.7 Å². The Hall–Kier alpha value is -3.59. The standard InChI is InChI=1S/C25H28N8O/c1-3-17-11-20-21(29-25(17)34)10-16(12-26-20)14-32-8-9-33(23-7-6-22(23)32)18-4-5-19(27-13-18)24-28-15(2)30-31-24/h4-5,10-13,22-23H,3,6-9,14H2,1-2H3,(H,29,34)(H,28,30,31)/t22-,23+/m1/s1. The average Bonchev–Trinajstić information content (AvgIpc) is 3.26. The molecule has 2 N–H and O–H groups in total. The molecule has 0 bridgehead atoms. The number of nitrogens with one attached hydrogen (secondary N) is 2. The zero-order valence-corrected chi connectivity index (χ0v) is 19.5. The Balaban J connectivity index is 1.17. The lowest BCUT2D eigenvalue weighted by Crippen LogP contribution is -2.64. The fourth-order valence-corrected chi connectivity index (χ4v) is 5.25. The van der Waals surface area contributed by atoms with Gasteiger partial charge < -0.3 is 14.9 Å². The first kappa shape index (κ1) is 21.0. The van der Waals surface area contributed by atoms with Crippen LogP contribution in [0.15, 0.2) is 41.5 Å². The summed E-state index contributed by atoms with van der Waals surface area (Å²) in [6.45, 7) is 6.66. The molecule has 4 aromatic rings. The number of aryl methyl sites for hydroxylation is 2. The summed E-state index contributed by atoms with van der Waals surface area (Å²) in [6, 6.07) is 9.15. The molecule has 174 valence electrons. The van der Waals surface area contributed by atoms with Gasteiger partial charge in [-0.15, -0.1) is 10.2 Å². The topological polar surface area (TPSA) is 107 Å². The highest BCUT2D eigenvalue weighted by Crippen LogP contribution is 2.37. The van der Waals surface area contributed by atoms with E-state index in [1.807, 2.05) is 38.4 Å². The van der Waals surface area contributed by atoms with Crippen molar-refractivity contribution in [3.8, 4) is 11.5 Å². The van der Waals surface area contributed by atoms with E-state index in [4.69, 9.17) is 0 Å². The van der Waals surface area contributed by atoms with Gasteiger partial charge in [0.2, 0.25) is 0 Å². The number of rotatable bonds is 5. The Labute approximate surface area is 197 Å². The van der Waals surface area contributed by atoms with Crippen LogP contribution in [-0.2, 0) is 13.0 Å². The predicted molar refractivity (Wildman–Crippen MR) is 131 cm³/mol. The summed E-state index contributed by atoms with van der Waals surface area (Å²) in [5.74, 6) is 1.49. The number of nitrogens with zero attached hydrogens (tertiary/aromatic N) is 6. The second kappa shape index (κ2) is 8.32. The van der Waals surface area contributed by atoms with E-state index in [2.05, 4.69) is 52.1 Å². The van der Waals surface area contributed by atoms with Gasteiger partial charge in [0.15, 0.2) is 5.82 Å². The smallest absolute Gasteiger partial charge is 0.251 e. The summed E-state index contributed by atoms with van der Waals surface area (Å²) in [5.41, 5.74) is 5.53. The number of hydrogen-bond donors (Lipinski definition) is 2. The van der Waals surface area contributed by atoms with Gasteiger partial charge in [-0.1, -0.05) is 6.92 Å². The number of aromatic amines is 2. The van der Waals surface area contributed by atoms with E-state index in [1.54, 1.807) is 0 Å². The molecular formula is C25H28N8O. The van der Waals surface area contributed by atoms with Gasteiger partial charge in [-0.2, -0.15) is 0 Å². The molecule has 2 fully saturated rings. The van der Waals surface area contributed by atoms with Gasteiger partial charge in [0.05, 0.1) is 22.9 Å². The molecule has 9 heteroatoms. The van der Waals surface area contributed by atoms with Crippen LogP contribution in [0.25, 0.3) is 22.6 Å². The van der Waals surface area contributed by atoms with E-state index in [9.17, 15) is 4.79 Å². The second-order valence-electron chi connectivity index (χ2n) is 9.29. The molecule has 1 aliphatic carbocycles. The van der Waals surface area contributed by atoms with Crippen LogP contribution in [0.4, 0.5) is 5.69 Å². The van der Waals surface area contributed by atoms with Crippen LogP contribution in [0, 0.1) is 6.92 Å². The largest absolute Gasteiger partial charge is 0.364 e. The molecule has 1 aliphatic heterocycles. The molecule has 0 radical (unpaired) electrons. The molecular weight excluding hydrogens is 428 g/mol. The zero-order chi connectivity index (χ0) is 23.2. The van der Waals surface area contributed by atoms with Crippen LogP contribution in [0.3, 0.4) is 0 Å². The highest BCUT2D eigenvalue weighted by molar-refractivity contribution is 5.74. The van der Waals surface area contributed by atoms with E-state index >= 15 is 0 Å². The fourth-order valence-electron chi connectivity index (χ4n) is 5.25. The summed E-state index contributed by atoms with van der Waals surface area (Å²) in [7, 11) is 0. The minimum absolute atomic E-state index is 0.0142. The Morgan fingerprint density at radius 1 is 1.03 bits per heavy atom. The number of aromatic nitrogens is 6. The van der Waals surface area contributed by atoms with Crippen molar-refractivity contribution in [3.63, 3.8) is 0 Å². The first-order valence-corrected chi connectivity index (χ1v) is 12.0. The fraction of sp³-hybridized carbons (Fsp3) is 0.400. The highest BCUT2D eigenvalue weighted by atomic mass is 16.1. The number of hydrogen-bond acceptors (Lipinski definition) is 7. The maximum Gasteiger partial charge on any atom is 0.251 e. The van der Waals surface area contributed by atoms with Crippen LogP contribution in [-0.4, -0.2) is 60.2 Å². The van der Waals surface area contributed by atoms with Crippen molar-refractivity contribution < 1.29 is 0 Å². The average molecular weight is 457 g/mol. The third-order valence-corrected chi connectivity index (χ3v) is 7.21. The van der Waals surface area contributed by atoms with Crippen LogP contribution in [0.1, 0.15) is 36.7 Å². The van der Waals surface area contributed by atoms with Crippen molar-refractivity contribution in [1.82, 2.24) is 35.0 Å². The van der Waals surface area contributed by atoms with E-state index in [0.29, 0.717) is 24.3 Å². The monoisotopic (exact) mass is 456 g/mol. The lowest BCUT2D eigenvalue weighted by molar-refractivity contribution is 0.0659. The minimum atomic E-state index is -0.0142. The molecule has 2 atom stereocenters. The number of anilines is 1. The van der Waals surface area contributed by atoms with Gasteiger partial charge >= 0.3 is 0 Å². The molecule has 34 heavy (non-hydrogen) atoms. The molecule has 0 unspecified atom stereocenters. The molecule has 6 rings (SSSR count). The van der Waals surface area contributed by atoms with E-state index < -0.39 is 0 Å². The quantitative estimate of drug-likeness (QED) is 0.476. The van der Waals surface area contributed by atoms with Crippen molar-refractivity contribution in [2.45, 2.75) is 51.7 Å². The van der Waals surface area contributed by atoms with Crippen LogP contribution in [0.2, 0.25) is 0 Å². The Morgan fingerprint density at radius 3 is 2.62 bits per heavy atom. The van der Waals surface area contributed by atoms with E-state index in [1.165, 1.54) is 12.8 Å². The Morgan fingerprint density at radius 2 is 1.91 bits per heavy atom. The highest BCUT2D eigenvalue weighted by Gasteiger charge is 2.42. The van der Waals surface area contributed by atoms with E-state index in [-0.39, 0.29) is 5.56 Å². The summed E-state index contributed by atoms with van der Waals surface area (Å²) < 4.78 is 0. The van der Waals surface area contributed by atoms with Crippen LogP contribution in [0.5, 0.6) is 0 Å². The van der Waals surface area contributed by atoms with Gasteiger partial charge in [0, 0.05) is 43.5 Å². The van der Waals surface area contributed by atoms with Gasteiger partial charge in [-0.25, -0.2) is 0 Å². The Kier molecular flexibility index (Phi) is 5.13. The van der Waals surface area contributed by atoms with Gasteiger partial charge in [-0.3, -0.25) is 19.7 Å². The molecule has 9 nitrogen and oxygen atoms in total. The molecule has 1 saturated carbocycles. The first-order valence-electron chi connectivity index (χ1n) is 12.0. The number of pyridine rings is 3. The predicted octanol–water partition coefficient (Wildman–Crippen LogP) is 2.83. The van der Waals surface area contributed by atoms with Crippen molar-refractivity contribution in [1.29, 1.82) is 0 Å². The molecule has 0 spiro atoms. The molecule has 2 aliphatic rings. The first-order chi connectivity index (χ1) is 16.6. The summed E-state index contributed by atoms with van der Waals surface area (Å²) in [5, 5.41) is 8.16. The van der Waals surface area contributed by atoms with Gasteiger partial charge in [0.1, 0.15) is 11.5 Å². The lowest BCUT2D eigenvalue weighted by Gasteiger charge is -2.54. The van der Waals surface area contributed by atoms with Gasteiger partial charge in [0.25, 0.3) is 5.56 Å². The molecule has 0 aromatic carbocycles. The third-order valence-electron chi connectivity index (χ3n) is 7.21. The number of H-pyrrole nitrogens is 2. The zero-order valence-electron chi connectivity index (χ0n) is 19.5. The number of fused-ring (bicyclic) bond motifs is 2.